The Labute approximate surface area is 278 Å². The molecule has 238 valence electrons. The van der Waals surface area contributed by atoms with Crippen LogP contribution >= 0.6 is 58.4 Å². The SMILES string of the molecule is Cc1nnc(SCC2=C(C(=O)O)N3C(=O)C(NC(=O)Cc4cccc(NC5SCCS5)c4NC(=O)N4CCNC4=O)[C@@H]3SC2)s1. The number of hydrogen-bond donors (Lipinski definition) is 5. The third-order valence-corrected chi connectivity index (χ3v) is 13.4. The van der Waals surface area contributed by atoms with E-state index in [9.17, 15) is 29.1 Å². The van der Waals surface area contributed by atoms with Crippen molar-refractivity contribution in [3.63, 3.8) is 0 Å². The van der Waals surface area contributed by atoms with E-state index in [-0.39, 0.29) is 23.4 Å². The summed E-state index contributed by atoms with van der Waals surface area (Å²) in [7, 11) is 0. The van der Waals surface area contributed by atoms with Crippen LogP contribution in [-0.2, 0) is 20.8 Å². The van der Waals surface area contributed by atoms with E-state index >= 15 is 0 Å². The lowest BCUT2D eigenvalue weighted by molar-refractivity contribution is -0.150. The maximum Gasteiger partial charge on any atom is 0.352 e. The van der Waals surface area contributed by atoms with Crippen LogP contribution in [-0.4, -0.2) is 107 Å². The molecule has 3 fully saturated rings. The van der Waals surface area contributed by atoms with Crippen molar-refractivity contribution in [1.82, 2.24) is 30.6 Å². The van der Waals surface area contributed by atoms with Gasteiger partial charge in [0, 0.05) is 36.1 Å². The molecule has 45 heavy (non-hydrogen) atoms. The molecule has 0 spiro atoms. The molecule has 5 N–H and O–H groups in total. The van der Waals surface area contributed by atoms with Crippen molar-refractivity contribution < 1.29 is 29.1 Å². The van der Waals surface area contributed by atoms with E-state index in [0.29, 0.717) is 40.6 Å². The highest BCUT2D eigenvalue weighted by atomic mass is 32.2. The molecule has 2 aromatic rings. The van der Waals surface area contributed by atoms with Crippen LogP contribution < -0.4 is 21.3 Å². The highest BCUT2D eigenvalue weighted by molar-refractivity contribution is 8.20. The summed E-state index contributed by atoms with van der Waals surface area (Å²) >= 11 is 7.65. The van der Waals surface area contributed by atoms with Gasteiger partial charge in [0.15, 0.2) is 4.34 Å². The monoisotopic (exact) mass is 708 g/mol. The van der Waals surface area contributed by atoms with Gasteiger partial charge in [0.1, 0.15) is 26.8 Å². The lowest BCUT2D eigenvalue weighted by Gasteiger charge is -2.49. The standard InChI is InChI=1S/C26H28N8O6S5/c1-12-31-32-26(45-12)44-11-14-10-43-21-18(20(36)34(21)19(14)22(37)38)29-16(35)9-13-3-2-4-15(28-25-41-7-8-42-25)17(13)30-24(40)33-6-5-27-23(33)39/h2-4,18,21,25,28H,5-11H2,1H3,(H,27,39)(H,29,35)(H,30,40)(H,37,38)/t18?,21-/m0/s1. The molecular weight excluding hydrogens is 681 g/mol. The Morgan fingerprint density at radius 1 is 1.16 bits per heavy atom. The van der Waals surface area contributed by atoms with E-state index in [1.54, 1.807) is 41.7 Å². The fraction of sp³-hybridized carbons (Fsp3) is 0.423. The number of aromatic nitrogens is 2. The molecule has 1 unspecified atom stereocenters. The van der Waals surface area contributed by atoms with Gasteiger partial charge in [-0.3, -0.25) is 14.5 Å². The van der Waals surface area contributed by atoms with Crippen molar-refractivity contribution in [2.45, 2.75) is 33.8 Å². The normalized spacial score (nSPS) is 21.4. The smallest absolute Gasteiger partial charge is 0.352 e. The summed E-state index contributed by atoms with van der Waals surface area (Å²) in [6.45, 7) is 2.41. The number of carboxylic acid groups (broad SMARTS) is 1. The summed E-state index contributed by atoms with van der Waals surface area (Å²) < 4.78 is 0.778. The van der Waals surface area contributed by atoms with Gasteiger partial charge in [-0.25, -0.2) is 19.3 Å². The number of carbonyl (C=O) groups is 5. The third kappa shape index (κ3) is 6.86. The molecule has 2 atom stereocenters. The predicted molar refractivity (Wildman–Crippen MR) is 177 cm³/mol. The second-order valence-electron chi connectivity index (χ2n) is 10.1. The van der Waals surface area contributed by atoms with Crippen molar-refractivity contribution in [2.24, 2.45) is 0 Å². The number of nitrogens with one attached hydrogen (secondary N) is 4. The topological polar surface area (TPSA) is 186 Å². The van der Waals surface area contributed by atoms with Crippen LogP contribution in [0.2, 0.25) is 0 Å². The first-order valence-corrected chi connectivity index (χ1v) is 18.7. The van der Waals surface area contributed by atoms with E-state index in [2.05, 4.69) is 31.5 Å². The molecule has 1 aromatic heterocycles. The molecule has 19 heteroatoms. The average molecular weight is 709 g/mol. The van der Waals surface area contributed by atoms with Gasteiger partial charge in [0.05, 0.1) is 17.8 Å². The van der Waals surface area contributed by atoms with Crippen molar-refractivity contribution in [2.75, 3.05) is 46.7 Å². The number of carboxylic acids is 1. The second-order valence-corrected chi connectivity index (χ2v) is 16.4. The number of aliphatic carboxylic acids is 1. The Morgan fingerprint density at radius 2 is 1.96 bits per heavy atom. The highest BCUT2D eigenvalue weighted by Crippen LogP contribution is 2.42. The Hall–Kier alpha value is -3.13. The third-order valence-electron chi connectivity index (χ3n) is 7.17. The summed E-state index contributed by atoms with van der Waals surface area (Å²) in [5.41, 5.74) is 2.04. The molecule has 0 bridgehead atoms. The van der Waals surface area contributed by atoms with E-state index < -0.39 is 41.3 Å². The molecule has 0 saturated carbocycles. The lowest BCUT2D eigenvalue weighted by Crippen LogP contribution is -2.70. The largest absolute Gasteiger partial charge is 0.477 e. The zero-order valence-electron chi connectivity index (χ0n) is 23.7. The first-order chi connectivity index (χ1) is 21.7. The minimum absolute atomic E-state index is 0.0552. The van der Waals surface area contributed by atoms with Gasteiger partial charge in [-0.2, -0.15) is 0 Å². The molecule has 3 saturated heterocycles. The number of benzene rings is 1. The van der Waals surface area contributed by atoms with E-state index in [1.165, 1.54) is 39.8 Å². The number of thioether (sulfide) groups is 4. The number of rotatable bonds is 10. The zero-order valence-corrected chi connectivity index (χ0v) is 27.8. The number of fused-ring (bicyclic) bond motifs is 1. The predicted octanol–water partition coefficient (Wildman–Crippen LogP) is 2.65. The number of amides is 6. The van der Waals surface area contributed by atoms with Gasteiger partial charge in [0.25, 0.3) is 5.91 Å². The van der Waals surface area contributed by atoms with E-state index in [0.717, 1.165) is 25.8 Å². The number of anilines is 2. The lowest BCUT2D eigenvalue weighted by atomic mass is 10.0. The summed E-state index contributed by atoms with van der Waals surface area (Å²) in [4.78, 5) is 66.2. The number of imide groups is 1. The number of urea groups is 2. The molecule has 6 rings (SSSR count). The van der Waals surface area contributed by atoms with Crippen LogP contribution in [0.15, 0.2) is 33.8 Å². The minimum atomic E-state index is -1.20. The van der Waals surface area contributed by atoms with Crippen LogP contribution in [0, 0.1) is 6.92 Å². The van der Waals surface area contributed by atoms with Crippen LogP contribution in [0.25, 0.3) is 0 Å². The van der Waals surface area contributed by atoms with Gasteiger partial charge in [0.2, 0.25) is 5.91 Å². The number of para-hydroxylation sites is 1. The molecular formula is C26H28N8O6S5. The Kier molecular flexibility index (Phi) is 9.69. The second kappa shape index (κ2) is 13.7. The molecule has 5 heterocycles. The highest BCUT2D eigenvalue weighted by Gasteiger charge is 2.54. The summed E-state index contributed by atoms with van der Waals surface area (Å²) in [6, 6.07) is 3.28. The average Bonchev–Trinajstić information content (AvgIpc) is 3.78. The van der Waals surface area contributed by atoms with Gasteiger partial charge in [-0.05, 0) is 24.1 Å². The quantitative estimate of drug-likeness (QED) is 0.179. The molecule has 4 aliphatic rings. The van der Waals surface area contributed by atoms with E-state index in [1.807, 2.05) is 6.92 Å². The number of carbonyl (C=O) groups excluding carboxylic acids is 4. The van der Waals surface area contributed by atoms with Crippen LogP contribution in [0.4, 0.5) is 21.0 Å². The minimum Gasteiger partial charge on any atom is -0.477 e. The van der Waals surface area contributed by atoms with E-state index in [4.69, 9.17) is 0 Å². The Balaban J connectivity index is 1.15. The molecule has 1 aromatic carbocycles. The van der Waals surface area contributed by atoms with Crippen molar-refractivity contribution >= 4 is 99.6 Å². The Morgan fingerprint density at radius 3 is 2.64 bits per heavy atom. The molecule has 4 aliphatic heterocycles. The Bertz CT molecular complexity index is 1580. The van der Waals surface area contributed by atoms with Crippen LogP contribution in [0.5, 0.6) is 0 Å². The number of hydrogen-bond acceptors (Lipinski definition) is 13. The van der Waals surface area contributed by atoms with Crippen LogP contribution in [0.1, 0.15) is 10.6 Å². The zero-order chi connectivity index (χ0) is 31.7. The van der Waals surface area contributed by atoms with Crippen molar-refractivity contribution in [3.8, 4) is 0 Å². The molecule has 14 nitrogen and oxygen atoms in total. The fourth-order valence-corrected chi connectivity index (χ4v) is 11.0. The summed E-state index contributed by atoms with van der Waals surface area (Å²) in [6.07, 6.45) is -0.159. The van der Waals surface area contributed by atoms with Gasteiger partial charge in [-0.15, -0.1) is 45.5 Å². The number of aryl methyl sites for hydroxylation is 1. The summed E-state index contributed by atoms with van der Waals surface area (Å²) in [5, 5.41) is 29.9. The fourth-order valence-electron chi connectivity index (χ4n) is 5.10. The first kappa shape index (κ1) is 31.8. The van der Waals surface area contributed by atoms with Crippen molar-refractivity contribution in [3.05, 3.63) is 40.0 Å². The number of β-lactam (4-membered cyclic amide) rings is 1. The van der Waals surface area contributed by atoms with Crippen LogP contribution in [0.3, 0.4) is 0 Å². The maximum absolute atomic E-state index is 13.3. The van der Waals surface area contributed by atoms with Gasteiger partial charge < -0.3 is 26.4 Å². The number of nitrogens with zero attached hydrogens (tertiary/aromatic N) is 4. The molecule has 0 radical (unpaired) electrons. The summed E-state index contributed by atoms with van der Waals surface area (Å²) in [5.74, 6) is 0.551. The van der Waals surface area contributed by atoms with Crippen molar-refractivity contribution in [1.29, 1.82) is 0 Å². The molecule has 0 aliphatic carbocycles. The first-order valence-electron chi connectivity index (χ1n) is 13.8. The molecule has 6 amide bonds. The maximum atomic E-state index is 13.3. The van der Waals surface area contributed by atoms with Gasteiger partial charge in [-0.1, -0.05) is 35.2 Å². The van der Waals surface area contributed by atoms with Gasteiger partial charge >= 0.3 is 18.0 Å².